The van der Waals surface area contributed by atoms with Gasteiger partial charge in [0.2, 0.25) is 5.91 Å². The number of carbonyl (C=O) groups is 1. The third-order valence-electron chi connectivity index (χ3n) is 3.84. The Labute approximate surface area is 153 Å². The van der Waals surface area contributed by atoms with Crippen LogP contribution in [-0.2, 0) is 4.79 Å². The van der Waals surface area contributed by atoms with E-state index in [2.05, 4.69) is 15.3 Å². The zero-order chi connectivity index (χ0) is 18.5. The van der Waals surface area contributed by atoms with Gasteiger partial charge >= 0.3 is 0 Å². The van der Waals surface area contributed by atoms with E-state index in [0.717, 1.165) is 49.3 Å². The fourth-order valence-corrected chi connectivity index (χ4v) is 2.50. The molecule has 0 fully saturated rings. The predicted molar refractivity (Wildman–Crippen MR) is 103 cm³/mol. The highest BCUT2D eigenvalue weighted by atomic mass is 16.5. The first kappa shape index (κ1) is 19.3. The molecule has 2 aromatic rings. The van der Waals surface area contributed by atoms with Gasteiger partial charge in [0.05, 0.1) is 0 Å². The monoisotopic (exact) mass is 352 g/mol. The van der Waals surface area contributed by atoms with Gasteiger partial charge in [-0.2, -0.15) is 0 Å². The highest BCUT2D eigenvalue weighted by molar-refractivity contribution is 5.90. The molecule has 0 aromatic heterocycles. The number of unbranched alkanes of at least 4 members (excludes halogenated alkanes) is 4. The van der Waals surface area contributed by atoms with Gasteiger partial charge in [-0.3, -0.25) is 4.79 Å². The predicted octanol–water partition coefficient (Wildman–Crippen LogP) is 6.07. The first-order valence-corrected chi connectivity index (χ1v) is 8.91. The van der Waals surface area contributed by atoms with E-state index in [-0.39, 0.29) is 5.91 Å². The van der Waals surface area contributed by atoms with Crippen LogP contribution in [0.1, 0.15) is 38.5 Å². The molecule has 0 heterocycles. The molecule has 0 spiro atoms. The van der Waals surface area contributed by atoms with Crippen LogP contribution in [-0.4, -0.2) is 12.5 Å². The second kappa shape index (κ2) is 11.6. The molecule has 2 rings (SSSR count). The first-order valence-electron chi connectivity index (χ1n) is 8.91. The summed E-state index contributed by atoms with van der Waals surface area (Å²) in [4.78, 5) is 14.7. The van der Waals surface area contributed by atoms with E-state index in [0.29, 0.717) is 13.0 Å². The summed E-state index contributed by atoms with van der Waals surface area (Å²) in [6.07, 6.45) is 5.38. The van der Waals surface area contributed by atoms with Crippen LogP contribution >= 0.6 is 0 Å². The Morgan fingerprint density at radius 3 is 2.31 bits per heavy atom. The quantitative estimate of drug-likeness (QED) is 0.230. The number of para-hydroxylation sites is 1. The highest BCUT2D eigenvalue weighted by Crippen LogP contribution is 2.22. The third kappa shape index (κ3) is 7.73. The van der Waals surface area contributed by atoms with Crippen molar-refractivity contribution in [2.45, 2.75) is 38.5 Å². The van der Waals surface area contributed by atoms with E-state index in [1.54, 1.807) is 0 Å². The molecule has 1 amide bonds. The molecule has 0 saturated heterocycles. The molecule has 0 unspecified atom stereocenters. The Bertz CT molecular complexity index is 710. The Kier molecular flexibility index (Phi) is 8.60. The minimum absolute atomic E-state index is 0.0239. The lowest BCUT2D eigenvalue weighted by Crippen LogP contribution is -2.10. The van der Waals surface area contributed by atoms with Crippen LogP contribution in [0.3, 0.4) is 0 Å². The molecule has 1 N–H and O–H groups in total. The van der Waals surface area contributed by atoms with Crippen molar-refractivity contribution in [1.82, 2.24) is 0 Å². The molecule has 6 nitrogen and oxygen atoms in total. The van der Waals surface area contributed by atoms with E-state index < -0.39 is 0 Å². The summed E-state index contributed by atoms with van der Waals surface area (Å²) >= 11 is 0. The average Bonchev–Trinajstić information content (AvgIpc) is 2.66. The van der Waals surface area contributed by atoms with E-state index in [1.165, 1.54) is 0 Å². The molecule has 0 radical (unpaired) electrons. The van der Waals surface area contributed by atoms with Crippen molar-refractivity contribution in [3.8, 4) is 11.5 Å². The first-order chi connectivity index (χ1) is 12.8. The van der Waals surface area contributed by atoms with Gasteiger partial charge in [-0.15, -0.1) is 0 Å². The van der Waals surface area contributed by atoms with Crippen LogP contribution in [0, 0.1) is 0 Å². The van der Waals surface area contributed by atoms with Crippen molar-refractivity contribution < 1.29 is 9.53 Å². The lowest BCUT2D eigenvalue weighted by Gasteiger charge is -2.08. The normalized spacial score (nSPS) is 10.0. The van der Waals surface area contributed by atoms with Gasteiger partial charge < -0.3 is 10.1 Å². The molecule has 2 aromatic carbocycles. The summed E-state index contributed by atoms with van der Waals surface area (Å²) in [6, 6.07) is 16.9. The Morgan fingerprint density at radius 2 is 1.58 bits per heavy atom. The molecule has 0 saturated carbocycles. The number of amides is 1. The molecule has 136 valence electrons. The molecule has 0 aliphatic heterocycles. The number of nitrogens with zero attached hydrogens (tertiary/aromatic N) is 3. The zero-order valence-corrected chi connectivity index (χ0v) is 14.8. The number of hydrogen-bond acceptors (Lipinski definition) is 3. The summed E-state index contributed by atoms with van der Waals surface area (Å²) in [7, 11) is 0. The van der Waals surface area contributed by atoms with Gasteiger partial charge in [0.1, 0.15) is 11.5 Å². The zero-order valence-electron chi connectivity index (χ0n) is 14.8. The van der Waals surface area contributed by atoms with Crippen molar-refractivity contribution >= 4 is 11.6 Å². The van der Waals surface area contributed by atoms with Gasteiger partial charge in [-0.05, 0) is 54.8 Å². The minimum Gasteiger partial charge on any atom is -0.457 e. The molecule has 0 aliphatic carbocycles. The largest absolute Gasteiger partial charge is 0.457 e. The maximum atomic E-state index is 12.0. The number of nitrogens with one attached hydrogen (secondary N) is 1. The maximum absolute atomic E-state index is 12.0. The fourth-order valence-electron chi connectivity index (χ4n) is 2.50. The number of azide groups is 1. The molecule has 0 aliphatic rings. The summed E-state index contributed by atoms with van der Waals surface area (Å²) < 4.78 is 5.73. The smallest absolute Gasteiger partial charge is 0.224 e. The molecule has 0 bridgehead atoms. The topological polar surface area (TPSA) is 87.1 Å². The van der Waals surface area contributed by atoms with Crippen molar-refractivity contribution in [2.75, 3.05) is 11.9 Å². The summed E-state index contributed by atoms with van der Waals surface area (Å²) in [5.41, 5.74) is 8.95. The lowest BCUT2D eigenvalue weighted by atomic mass is 10.1. The maximum Gasteiger partial charge on any atom is 0.224 e. The third-order valence-corrected chi connectivity index (χ3v) is 3.84. The highest BCUT2D eigenvalue weighted by Gasteiger charge is 2.03. The molecular weight excluding hydrogens is 328 g/mol. The molecule has 6 heteroatoms. The van der Waals surface area contributed by atoms with E-state index >= 15 is 0 Å². The number of benzene rings is 2. The average molecular weight is 352 g/mol. The van der Waals surface area contributed by atoms with Crippen molar-refractivity contribution in [3.05, 3.63) is 65.0 Å². The molecule has 0 atom stereocenters. The Morgan fingerprint density at radius 1 is 0.923 bits per heavy atom. The Balaban J connectivity index is 1.63. The molecule has 26 heavy (non-hydrogen) atoms. The van der Waals surface area contributed by atoms with Crippen LogP contribution in [0.2, 0.25) is 0 Å². The van der Waals surface area contributed by atoms with Gasteiger partial charge in [0, 0.05) is 23.6 Å². The van der Waals surface area contributed by atoms with Crippen LogP contribution in [0.4, 0.5) is 5.69 Å². The van der Waals surface area contributed by atoms with Crippen molar-refractivity contribution in [1.29, 1.82) is 0 Å². The SMILES string of the molecule is [N-]=[N+]=NCCCCCCCC(=O)Nc1ccc(Oc2ccccc2)cc1. The number of anilines is 1. The number of ether oxygens (including phenoxy) is 1. The minimum atomic E-state index is 0.0239. The van der Waals surface area contributed by atoms with Gasteiger partial charge in [-0.25, -0.2) is 0 Å². The van der Waals surface area contributed by atoms with E-state index in [4.69, 9.17) is 10.3 Å². The summed E-state index contributed by atoms with van der Waals surface area (Å²) in [6.45, 7) is 0.557. The Hall–Kier alpha value is -2.98. The van der Waals surface area contributed by atoms with E-state index in [9.17, 15) is 4.79 Å². The number of hydrogen-bond donors (Lipinski definition) is 1. The van der Waals surface area contributed by atoms with Gasteiger partial charge in [0.25, 0.3) is 0 Å². The van der Waals surface area contributed by atoms with Crippen LogP contribution < -0.4 is 10.1 Å². The summed E-state index contributed by atoms with van der Waals surface area (Å²) in [5.74, 6) is 1.54. The van der Waals surface area contributed by atoms with E-state index in [1.807, 2.05) is 54.6 Å². The van der Waals surface area contributed by atoms with Gasteiger partial charge in [-0.1, -0.05) is 42.6 Å². The number of carbonyl (C=O) groups excluding carboxylic acids is 1. The number of rotatable bonds is 11. The van der Waals surface area contributed by atoms with Crippen molar-refractivity contribution in [3.63, 3.8) is 0 Å². The van der Waals surface area contributed by atoms with Crippen LogP contribution in [0.5, 0.6) is 11.5 Å². The second-order valence-corrected chi connectivity index (χ2v) is 5.96. The second-order valence-electron chi connectivity index (χ2n) is 5.96. The van der Waals surface area contributed by atoms with Crippen LogP contribution in [0.25, 0.3) is 10.4 Å². The van der Waals surface area contributed by atoms with Crippen molar-refractivity contribution in [2.24, 2.45) is 5.11 Å². The van der Waals surface area contributed by atoms with Crippen LogP contribution in [0.15, 0.2) is 59.7 Å². The molecular formula is C20H24N4O2. The van der Waals surface area contributed by atoms with Gasteiger partial charge in [0.15, 0.2) is 0 Å². The standard InChI is InChI=1S/C20H24N4O2/c21-24-22-16-8-3-1-2-7-11-20(25)23-17-12-14-19(15-13-17)26-18-9-5-4-6-10-18/h4-6,9-10,12-15H,1-3,7-8,11,16H2,(H,23,25). The summed E-state index contributed by atoms with van der Waals surface area (Å²) in [5, 5.41) is 6.40. The lowest BCUT2D eigenvalue weighted by molar-refractivity contribution is -0.116. The fraction of sp³-hybridized carbons (Fsp3) is 0.350.